The molecule has 0 bridgehead atoms. The minimum Gasteiger partial charge on any atom is -0.342 e. The Kier molecular flexibility index (Phi) is 6.75. The average molecular weight is 390 g/mol. The van der Waals surface area contributed by atoms with Gasteiger partial charge in [0.25, 0.3) is 0 Å². The molecule has 0 aliphatic carbocycles. The number of nitrogens with one attached hydrogen (secondary N) is 1. The lowest BCUT2D eigenvalue weighted by Gasteiger charge is -2.36. The van der Waals surface area contributed by atoms with Gasteiger partial charge in [0.15, 0.2) is 0 Å². The lowest BCUT2D eigenvalue weighted by atomic mass is 9.94. The van der Waals surface area contributed by atoms with Gasteiger partial charge < -0.3 is 10.2 Å². The molecule has 3 rings (SSSR count). The molecule has 0 radical (unpaired) electrons. The molecule has 1 N–H and O–H groups in total. The van der Waals surface area contributed by atoms with Gasteiger partial charge in [-0.25, -0.2) is 0 Å². The van der Waals surface area contributed by atoms with Crippen molar-refractivity contribution in [3.8, 4) is 0 Å². The van der Waals surface area contributed by atoms with Crippen molar-refractivity contribution >= 4 is 17.5 Å². The number of piperidine rings is 1. The van der Waals surface area contributed by atoms with E-state index in [0.717, 1.165) is 68.9 Å². The summed E-state index contributed by atoms with van der Waals surface area (Å²) in [6.07, 6.45) is 6.44. The third-order valence-corrected chi connectivity index (χ3v) is 6.48. The number of carbonyl (C=O) groups is 2. The van der Waals surface area contributed by atoms with Crippen LogP contribution in [0.15, 0.2) is 0 Å². The monoisotopic (exact) mass is 389 g/mol. The van der Waals surface area contributed by atoms with Crippen LogP contribution in [0.3, 0.4) is 0 Å². The zero-order valence-corrected chi connectivity index (χ0v) is 17.8. The van der Waals surface area contributed by atoms with Gasteiger partial charge in [-0.1, -0.05) is 12.8 Å². The van der Waals surface area contributed by atoms with Crippen LogP contribution in [0, 0.1) is 19.8 Å². The van der Waals surface area contributed by atoms with Gasteiger partial charge in [-0.2, -0.15) is 5.10 Å². The lowest BCUT2D eigenvalue weighted by molar-refractivity contribution is -0.137. The number of hydrogen-bond acceptors (Lipinski definition) is 4. The van der Waals surface area contributed by atoms with Crippen LogP contribution in [-0.2, 0) is 16.6 Å². The van der Waals surface area contributed by atoms with Crippen molar-refractivity contribution < 1.29 is 9.59 Å². The zero-order chi connectivity index (χ0) is 20.3. The van der Waals surface area contributed by atoms with E-state index in [0.29, 0.717) is 5.91 Å². The first-order valence-corrected chi connectivity index (χ1v) is 10.7. The zero-order valence-electron chi connectivity index (χ0n) is 17.8. The molecule has 2 amide bonds. The van der Waals surface area contributed by atoms with Gasteiger partial charge in [0.1, 0.15) is 0 Å². The first-order valence-electron chi connectivity index (χ1n) is 10.7. The van der Waals surface area contributed by atoms with E-state index in [4.69, 9.17) is 0 Å². The summed E-state index contributed by atoms with van der Waals surface area (Å²) in [5.41, 5.74) is 2.60. The van der Waals surface area contributed by atoms with Crippen LogP contribution in [0.25, 0.3) is 0 Å². The summed E-state index contributed by atoms with van der Waals surface area (Å²) in [4.78, 5) is 29.9. The fraction of sp³-hybridized carbons (Fsp3) is 0.762. The quantitative estimate of drug-likeness (QED) is 0.859. The lowest BCUT2D eigenvalue weighted by Crippen LogP contribution is -2.48. The van der Waals surface area contributed by atoms with Crippen LogP contribution in [0.4, 0.5) is 5.69 Å². The molecule has 0 spiro atoms. The fourth-order valence-electron chi connectivity index (χ4n) is 4.43. The van der Waals surface area contributed by atoms with Crippen molar-refractivity contribution in [2.24, 2.45) is 13.0 Å². The Morgan fingerprint density at radius 2 is 1.64 bits per heavy atom. The number of rotatable bonds is 4. The number of aryl methyl sites for hydroxylation is 2. The Hall–Kier alpha value is -1.89. The first-order chi connectivity index (χ1) is 13.4. The number of carbonyl (C=O) groups excluding carboxylic acids is 2. The molecular formula is C21H35N5O2. The minimum absolute atomic E-state index is 0.00325. The largest absolute Gasteiger partial charge is 0.342 e. The average Bonchev–Trinajstić information content (AvgIpc) is 2.91. The van der Waals surface area contributed by atoms with E-state index in [9.17, 15) is 9.59 Å². The molecule has 28 heavy (non-hydrogen) atoms. The highest BCUT2D eigenvalue weighted by Gasteiger charge is 2.32. The molecule has 3 heterocycles. The van der Waals surface area contributed by atoms with E-state index >= 15 is 0 Å². The second-order valence-electron chi connectivity index (χ2n) is 8.38. The molecule has 2 aliphatic rings. The second-order valence-corrected chi connectivity index (χ2v) is 8.38. The van der Waals surface area contributed by atoms with Gasteiger partial charge in [-0.05, 0) is 59.5 Å². The van der Waals surface area contributed by atoms with Crippen molar-refractivity contribution in [1.82, 2.24) is 19.6 Å². The standard InChI is InChI=1S/C21H35N5O2/c1-15-19(16(2)24(4)23-15)22-20(27)17(3)25-13-9-18(10-14-25)21(28)26-11-7-5-6-8-12-26/h17-18H,5-14H2,1-4H3,(H,22,27). The van der Waals surface area contributed by atoms with E-state index in [1.54, 1.807) is 4.68 Å². The molecule has 2 saturated heterocycles. The van der Waals surface area contributed by atoms with Gasteiger partial charge in [-0.15, -0.1) is 0 Å². The second kappa shape index (κ2) is 9.07. The smallest absolute Gasteiger partial charge is 0.241 e. The fourth-order valence-corrected chi connectivity index (χ4v) is 4.43. The summed E-state index contributed by atoms with van der Waals surface area (Å²) in [6.45, 7) is 9.25. The van der Waals surface area contributed by atoms with Crippen molar-refractivity contribution in [2.45, 2.75) is 65.3 Å². The highest BCUT2D eigenvalue weighted by Crippen LogP contribution is 2.24. The predicted molar refractivity (Wildman–Crippen MR) is 110 cm³/mol. The predicted octanol–water partition coefficient (Wildman–Crippen LogP) is 2.48. The summed E-state index contributed by atoms with van der Waals surface area (Å²) < 4.78 is 1.79. The molecule has 7 nitrogen and oxygen atoms in total. The Morgan fingerprint density at radius 3 is 2.18 bits per heavy atom. The Balaban J connectivity index is 1.52. The van der Waals surface area contributed by atoms with E-state index in [1.165, 1.54) is 12.8 Å². The Bertz CT molecular complexity index is 698. The maximum Gasteiger partial charge on any atom is 0.241 e. The highest BCUT2D eigenvalue weighted by molar-refractivity contribution is 5.95. The van der Waals surface area contributed by atoms with Crippen molar-refractivity contribution in [1.29, 1.82) is 0 Å². The number of hydrogen-bond donors (Lipinski definition) is 1. The summed E-state index contributed by atoms with van der Waals surface area (Å²) >= 11 is 0. The van der Waals surface area contributed by atoms with Gasteiger partial charge in [0, 0.05) is 26.1 Å². The molecule has 0 saturated carbocycles. The number of amides is 2. The molecule has 1 atom stereocenters. The van der Waals surface area contributed by atoms with Crippen LogP contribution in [0.2, 0.25) is 0 Å². The third kappa shape index (κ3) is 4.57. The van der Waals surface area contributed by atoms with Crippen molar-refractivity contribution in [3.05, 3.63) is 11.4 Å². The minimum atomic E-state index is -0.215. The summed E-state index contributed by atoms with van der Waals surface area (Å²) in [6, 6.07) is -0.215. The molecule has 2 fully saturated rings. The molecule has 1 unspecified atom stereocenters. The van der Waals surface area contributed by atoms with Gasteiger partial charge in [-0.3, -0.25) is 19.2 Å². The van der Waals surface area contributed by atoms with Gasteiger partial charge >= 0.3 is 0 Å². The highest BCUT2D eigenvalue weighted by atomic mass is 16.2. The Labute approximate surface area is 168 Å². The maximum atomic E-state index is 12.9. The maximum absolute atomic E-state index is 12.9. The van der Waals surface area contributed by atoms with E-state index in [2.05, 4.69) is 20.2 Å². The summed E-state index contributed by atoms with van der Waals surface area (Å²) in [5.74, 6) is 0.448. The van der Waals surface area contributed by atoms with Crippen LogP contribution >= 0.6 is 0 Å². The Morgan fingerprint density at radius 1 is 1.04 bits per heavy atom. The molecule has 2 aliphatic heterocycles. The van der Waals surface area contributed by atoms with Gasteiger partial charge in [0.2, 0.25) is 11.8 Å². The van der Waals surface area contributed by atoms with E-state index < -0.39 is 0 Å². The number of nitrogens with zero attached hydrogens (tertiary/aromatic N) is 4. The number of aromatic nitrogens is 2. The molecular weight excluding hydrogens is 354 g/mol. The molecule has 1 aromatic heterocycles. The SMILES string of the molecule is Cc1nn(C)c(C)c1NC(=O)C(C)N1CCC(C(=O)N2CCCCCC2)CC1. The van der Waals surface area contributed by atoms with Crippen molar-refractivity contribution in [3.63, 3.8) is 0 Å². The summed E-state index contributed by atoms with van der Waals surface area (Å²) in [5, 5.41) is 7.41. The molecule has 7 heteroatoms. The first kappa shape index (κ1) is 20.8. The molecule has 0 aromatic carbocycles. The molecule has 156 valence electrons. The van der Waals surface area contributed by atoms with E-state index in [-0.39, 0.29) is 17.9 Å². The molecule has 1 aromatic rings. The summed E-state index contributed by atoms with van der Waals surface area (Å²) in [7, 11) is 1.88. The van der Waals surface area contributed by atoms with Gasteiger partial charge in [0.05, 0.1) is 23.1 Å². The number of likely N-dealkylation sites (tertiary alicyclic amines) is 2. The van der Waals surface area contributed by atoms with Crippen LogP contribution < -0.4 is 5.32 Å². The van der Waals surface area contributed by atoms with Crippen molar-refractivity contribution in [2.75, 3.05) is 31.5 Å². The topological polar surface area (TPSA) is 70.5 Å². The normalized spacial score (nSPS) is 20.6. The van der Waals surface area contributed by atoms with E-state index in [1.807, 2.05) is 27.8 Å². The third-order valence-electron chi connectivity index (χ3n) is 6.48. The van der Waals surface area contributed by atoms with Crippen LogP contribution in [0.1, 0.15) is 56.8 Å². The number of anilines is 1. The van der Waals surface area contributed by atoms with Crippen LogP contribution in [0.5, 0.6) is 0 Å². The van der Waals surface area contributed by atoms with Crippen LogP contribution in [-0.4, -0.2) is 63.6 Å².